The predicted molar refractivity (Wildman–Crippen MR) is 75.3 cm³/mol. The van der Waals surface area contributed by atoms with Crippen LogP contribution >= 0.6 is 11.6 Å². The van der Waals surface area contributed by atoms with Crippen molar-refractivity contribution < 1.29 is 19.0 Å². The molecule has 1 aliphatic heterocycles. The number of pyridine rings is 1. The van der Waals surface area contributed by atoms with Gasteiger partial charge in [-0.15, -0.1) is 0 Å². The maximum Gasteiger partial charge on any atom is 0.179 e. The molecule has 1 unspecified atom stereocenters. The molecule has 1 aromatic carbocycles. The van der Waals surface area contributed by atoms with Crippen LogP contribution in [0.2, 0.25) is 5.02 Å². The summed E-state index contributed by atoms with van der Waals surface area (Å²) in [5.74, 6) is 0.452. The molecule has 2 heterocycles. The average Bonchev–Trinajstić information content (AvgIpc) is 2.72. The fraction of sp³-hybridized carbons (Fsp3) is 0.267. The highest BCUT2D eigenvalue weighted by atomic mass is 35.5. The van der Waals surface area contributed by atoms with E-state index in [9.17, 15) is 9.50 Å². The third-order valence-corrected chi connectivity index (χ3v) is 3.46. The molecular formula is C15H13ClFNO3. The van der Waals surface area contributed by atoms with E-state index in [0.29, 0.717) is 40.9 Å². The van der Waals surface area contributed by atoms with Gasteiger partial charge in [0.05, 0.1) is 24.4 Å². The molecule has 0 amide bonds. The number of halogens is 2. The lowest BCUT2D eigenvalue weighted by Gasteiger charge is -2.15. The smallest absolute Gasteiger partial charge is 0.179 e. The minimum absolute atomic E-state index is 0.348. The number of benzene rings is 1. The Morgan fingerprint density at radius 3 is 2.76 bits per heavy atom. The first kappa shape index (κ1) is 14.1. The Bertz CT molecular complexity index is 665. The van der Waals surface area contributed by atoms with Crippen LogP contribution in [0.3, 0.4) is 0 Å². The summed E-state index contributed by atoms with van der Waals surface area (Å²) in [6.45, 7) is 1.05. The van der Waals surface area contributed by atoms with Gasteiger partial charge in [-0.3, -0.25) is 4.98 Å². The highest BCUT2D eigenvalue weighted by Crippen LogP contribution is 2.40. The van der Waals surface area contributed by atoms with Crippen LogP contribution in [0.25, 0.3) is 0 Å². The van der Waals surface area contributed by atoms with E-state index in [4.69, 9.17) is 21.1 Å². The van der Waals surface area contributed by atoms with Crippen LogP contribution in [0.4, 0.5) is 4.39 Å². The number of fused-ring (bicyclic) bond motifs is 1. The molecular weight excluding hydrogens is 297 g/mol. The number of rotatable bonds is 2. The lowest BCUT2D eigenvalue weighted by atomic mass is 10.0. The third-order valence-electron chi connectivity index (χ3n) is 3.18. The second-order valence-electron chi connectivity index (χ2n) is 4.72. The molecule has 21 heavy (non-hydrogen) atoms. The Morgan fingerprint density at radius 1 is 1.14 bits per heavy atom. The fourth-order valence-corrected chi connectivity index (χ4v) is 2.45. The van der Waals surface area contributed by atoms with Crippen molar-refractivity contribution in [1.82, 2.24) is 4.98 Å². The van der Waals surface area contributed by atoms with Crippen LogP contribution in [0.5, 0.6) is 11.5 Å². The minimum Gasteiger partial charge on any atom is -0.489 e. The Balaban J connectivity index is 1.99. The molecule has 0 bridgehead atoms. The van der Waals surface area contributed by atoms with Crippen molar-refractivity contribution in [1.29, 1.82) is 0 Å². The van der Waals surface area contributed by atoms with Gasteiger partial charge < -0.3 is 14.6 Å². The van der Waals surface area contributed by atoms with Gasteiger partial charge >= 0.3 is 0 Å². The van der Waals surface area contributed by atoms with E-state index in [1.807, 2.05) is 0 Å². The molecule has 3 rings (SSSR count). The Hall–Kier alpha value is -1.85. The summed E-state index contributed by atoms with van der Waals surface area (Å²) in [5, 5.41) is 10.7. The summed E-state index contributed by atoms with van der Waals surface area (Å²) in [5.41, 5.74) is 0.845. The number of nitrogens with zero attached hydrogens (tertiary/aromatic N) is 1. The van der Waals surface area contributed by atoms with Gasteiger partial charge in [0.25, 0.3) is 0 Å². The first-order chi connectivity index (χ1) is 10.1. The number of aliphatic hydroxyl groups excluding tert-OH is 1. The van der Waals surface area contributed by atoms with Gasteiger partial charge in [0, 0.05) is 18.2 Å². The number of hydrogen-bond acceptors (Lipinski definition) is 4. The summed E-state index contributed by atoms with van der Waals surface area (Å²) in [7, 11) is 0. The van der Waals surface area contributed by atoms with Gasteiger partial charge in [0.2, 0.25) is 0 Å². The molecule has 110 valence electrons. The van der Waals surface area contributed by atoms with E-state index in [2.05, 4.69) is 4.98 Å². The average molecular weight is 310 g/mol. The standard InChI is InChI=1S/C15H13ClFNO3/c16-12-5-9(6-13-15(12)21-3-1-2-20-13)14(19)10-4-11(17)8-18-7-10/h4-8,14,19H,1-3H2. The van der Waals surface area contributed by atoms with Gasteiger partial charge in [-0.25, -0.2) is 4.39 Å². The van der Waals surface area contributed by atoms with Crippen LogP contribution in [-0.4, -0.2) is 23.3 Å². The van der Waals surface area contributed by atoms with Gasteiger partial charge in [-0.05, 0) is 23.8 Å². The molecule has 0 saturated carbocycles. The quantitative estimate of drug-likeness (QED) is 0.926. The van der Waals surface area contributed by atoms with Crippen LogP contribution in [0, 0.1) is 5.82 Å². The summed E-state index contributed by atoms with van der Waals surface area (Å²) >= 11 is 6.18. The molecule has 1 aliphatic rings. The van der Waals surface area contributed by atoms with Crippen molar-refractivity contribution in [2.75, 3.05) is 13.2 Å². The van der Waals surface area contributed by atoms with Gasteiger partial charge in [-0.2, -0.15) is 0 Å². The topological polar surface area (TPSA) is 51.6 Å². The zero-order chi connectivity index (χ0) is 14.8. The van der Waals surface area contributed by atoms with Gasteiger partial charge in [-0.1, -0.05) is 11.6 Å². The first-order valence-corrected chi connectivity index (χ1v) is 6.90. The fourth-order valence-electron chi connectivity index (χ4n) is 2.18. The monoisotopic (exact) mass is 309 g/mol. The third kappa shape index (κ3) is 2.94. The molecule has 0 fully saturated rings. The summed E-state index contributed by atoms with van der Waals surface area (Å²) in [4.78, 5) is 3.73. The first-order valence-electron chi connectivity index (χ1n) is 6.52. The Kier molecular flexibility index (Phi) is 3.94. The van der Waals surface area contributed by atoms with E-state index in [-0.39, 0.29) is 0 Å². The summed E-state index contributed by atoms with van der Waals surface area (Å²) in [6, 6.07) is 4.47. The van der Waals surface area contributed by atoms with E-state index in [1.165, 1.54) is 12.3 Å². The summed E-state index contributed by atoms with van der Waals surface area (Å²) < 4.78 is 24.3. The zero-order valence-electron chi connectivity index (χ0n) is 11.1. The van der Waals surface area contributed by atoms with Crippen molar-refractivity contribution in [3.8, 4) is 11.5 Å². The molecule has 0 spiro atoms. The van der Waals surface area contributed by atoms with Gasteiger partial charge in [0.1, 0.15) is 11.9 Å². The molecule has 0 saturated heterocycles. The Labute approximate surface area is 126 Å². The van der Waals surface area contributed by atoms with E-state index in [0.717, 1.165) is 12.6 Å². The highest BCUT2D eigenvalue weighted by molar-refractivity contribution is 6.32. The minimum atomic E-state index is -1.04. The molecule has 1 atom stereocenters. The molecule has 2 aromatic rings. The zero-order valence-corrected chi connectivity index (χ0v) is 11.8. The van der Waals surface area contributed by atoms with Crippen molar-refractivity contribution in [3.05, 3.63) is 52.6 Å². The normalized spacial score (nSPS) is 15.4. The van der Waals surface area contributed by atoms with Crippen molar-refractivity contribution in [3.63, 3.8) is 0 Å². The number of hydrogen-bond donors (Lipinski definition) is 1. The second kappa shape index (κ2) is 5.87. The van der Waals surface area contributed by atoms with Crippen LogP contribution in [0.15, 0.2) is 30.6 Å². The Morgan fingerprint density at radius 2 is 1.95 bits per heavy atom. The molecule has 1 N–H and O–H groups in total. The van der Waals surface area contributed by atoms with Gasteiger partial charge in [0.15, 0.2) is 11.5 Å². The number of aromatic nitrogens is 1. The summed E-state index contributed by atoms with van der Waals surface area (Å²) in [6.07, 6.45) is 2.21. The van der Waals surface area contributed by atoms with E-state index in [1.54, 1.807) is 12.1 Å². The highest BCUT2D eigenvalue weighted by Gasteiger charge is 2.20. The number of ether oxygens (including phenoxy) is 2. The number of aliphatic hydroxyl groups is 1. The molecule has 6 heteroatoms. The van der Waals surface area contributed by atoms with E-state index >= 15 is 0 Å². The largest absolute Gasteiger partial charge is 0.489 e. The molecule has 4 nitrogen and oxygen atoms in total. The van der Waals surface area contributed by atoms with E-state index < -0.39 is 11.9 Å². The maximum absolute atomic E-state index is 13.2. The lowest BCUT2D eigenvalue weighted by Crippen LogP contribution is -2.02. The van der Waals surface area contributed by atoms with Crippen LogP contribution < -0.4 is 9.47 Å². The van der Waals surface area contributed by atoms with Crippen LogP contribution in [-0.2, 0) is 0 Å². The van der Waals surface area contributed by atoms with Crippen LogP contribution in [0.1, 0.15) is 23.7 Å². The second-order valence-corrected chi connectivity index (χ2v) is 5.13. The molecule has 0 radical (unpaired) electrons. The predicted octanol–water partition coefficient (Wildman–Crippen LogP) is 3.12. The van der Waals surface area contributed by atoms with Crippen molar-refractivity contribution in [2.45, 2.75) is 12.5 Å². The molecule has 1 aromatic heterocycles. The maximum atomic E-state index is 13.2. The van der Waals surface area contributed by atoms with Crippen molar-refractivity contribution >= 4 is 11.6 Å². The lowest BCUT2D eigenvalue weighted by molar-refractivity contribution is 0.218. The SMILES string of the molecule is OC(c1cncc(F)c1)c1cc(Cl)c2c(c1)OCCCO2. The molecule has 0 aliphatic carbocycles. The van der Waals surface area contributed by atoms with Crippen molar-refractivity contribution in [2.24, 2.45) is 0 Å².